The van der Waals surface area contributed by atoms with Crippen LogP contribution in [0, 0.1) is 0 Å². The second-order valence-corrected chi connectivity index (χ2v) is 4.75. The Morgan fingerprint density at radius 2 is 2.06 bits per heavy atom. The van der Waals surface area contributed by atoms with Gasteiger partial charge in [0.1, 0.15) is 11.5 Å². The first-order valence-corrected chi connectivity index (χ1v) is 6.19. The molecule has 1 aromatic carbocycles. The van der Waals surface area contributed by atoms with Crippen molar-refractivity contribution in [3.8, 4) is 5.75 Å². The van der Waals surface area contributed by atoms with Gasteiger partial charge in [0, 0.05) is 7.11 Å². The molecule has 6 heteroatoms. The van der Waals surface area contributed by atoms with Gasteiger partial charge in [-0.05, 0) is 17.7 Å². The molecule has 0 heterocycles. The van der Waals surface area contributed by atoms with Crippen LogP contribution in [-0.4, -0.2) is 32.9 Å². The summed E-state index contributed by atoms with van der Waals surface area (Å²) in [5.41, 5.74) is 0.638. The molecule has 16 heavy (non-hydrogen) atoms. The Bertz CT molecular complexity index is 440. The van der Waals surface area contributed by atoms with Gasteiger partial charge in [0.2, 0.25) is 0 Å². The lowest BCUT2D eigenvalue weighted by Crippen LogP contribution is -2.15. The van der Waals surface area contributed by atoms with Gasteiger partial charge < -0.3 is 9.47 Å². The van der Waals surface area contributed by atoms with Gasteiger partial charge in [-0.3, -0.25) is 4.55 Å². The van der Waals surface area contributed by atoms with E-state index in [0.29, 0.717) is 11.3 Å². The molecule has 0 amide bonds. The van der Waals surface area contributed by atoms with Crippen molar-refractivity contribution in [1.82, 2.24) is 0 Å². The Labute approximate surface area is 94.7 Å². The van der Waals surface area contributed by atoms with Crippen molar-refractivity contribution in [2.45, 2.75) is 6.10 Å². The fourth-order valence-electron chi connectivity index (χ4n) is 1.33. The van der Waals surface area contributed by atoms with Crippen LogP contribution in [0.3, 0.4) is 0 Å². The van der Waals surface area contributed by atoms with E-state index in [0.717, 1.165) is 0 Å². The largest absolute Gasteiger partial charge is 0.497 e. The van der Waals surface area contributed by atoms with Crippen LogP contribution < -0.4 is 4.74 Å². The maximum absolute atomic E-state index is 10.8. The van der Waals surface area contributed by atoms with Crippen molar-refractivity contribution in [3.63, 3.8) is 0 Å². The summed E-state index contributed by atoms with van der Waals surface area (Å²) in [5, 5.41) is 0. The highest BCUT2D eigenvalue weighted by Gasteiger charge is 2.18. The van der Waals surface area contributed by atoms with Gasteiger partial charge in [-0.1, -0.05) is 12.1 Å². The van der Waals surface area contributed by atoms with E-state index in [4.69, 9.17) is 14.0 Å². The number of methoxy groups -OCH3 is 2. The first kappa shape index (κ1) is 13.0. The molecule has 1 rings (SSSR count). The number of ether oxygens (including phenoxy) is 2. The van der Waals surface area contributed by atoms with Crippen molar-refractivity contribution in [1.29, 1.82) is 0 Å². The number of rotatable bonds is 5. The van der Waals surface area contributed by atoms with Gasteiger partial charge >= 0.3 is 0 Å². The molecule has 1 N–H and O–H groups in total. The lowest BCUT2D eigenvalue weighted by atomic mass is 10.1. The second kappa shape index (κ2) is 5.29. The average Bonchev–Trinajstić information content (AvgIpc) is 2.25. The molecule has 0 aliphatic rings. The van der Waals surface area contributed by atoms with E-state index in [2.05, 4.69) is 0 Å². The average molecular weight is 246 g/mol. The summed E-state index contributed by atoms with van der Waals surface area (Å²) >= 11 is 0. The van der Waals surface area contributed by atoms with E-state index in [1.165, 1.54) is 14.2 Å². The van der Waals surface area contributed by atoms with Gasteiger partial charge in [-0.25, -0.2) is 0 Å². The second-order valence-electron chi connectivity index (χ2n) is 3.25. The summed E-state index contributed by atoms with van der Waals surface area (Å²) in [6.45, 7) is 0. The molecule has 0 spiro atoms. The SMILES string of the molecule is COc1cccc(C(CS(=O)(=O)O)OC)c1. The zero-order valence-electron chi connectivity index (χ0n) is 9.08. The van der Waals surface area contributed by atoms with Crippen molar-refractivity contribution >= 4 is 10.1 Å². The zero-order chi connectivity index (χ0) is 12.2. The van der Waals surface area contributed by atoms with Crippen LogP contribution in [0.5, 0.6) is 5.75 Å². The molecule has 90 valence electrons. The highest BCUT2D eigenvalue weighted by atomic mass is 32.2. The molecule has 0 radical (unpaired) electrons. The summed E-state index contributed by atoms with van der Waals surface area (Å²) < 4.78 is 40.3. The van der Waals surface area contributed by atoms with E-state index in [9.17, 15) is 8.42 Å². The predicted octanol–water partition coefficient (Wildman–Crippen LogP) is 1.27. The Hall–Kier alpha value is -1.11. The van der Waals surface area contributed by atoms with E-state index in [1.54, 1.807) is 24.3 Å². The maximum Gasteiger partial charge on any atom is 0.267 e. The molecule has 0 saturated heterocycles. The highest BCUT2D eigenvalue weighted by Crippen LogP contribution is 2.22. The summed E-state index contributed by atoms with van der Waals surface area (Å²) in [4.78, 5) is 0. The zero-order valence-corrected chi connectivity index (χ0v) is 9.90. The Balaban J connectivity index is 2.94. The third-order valence-corrected chi connectivity index (χ3v) is 2.84. The molecular formula is C10H14O5S. The molecular weight excluding hydrogens is 232 g/mol. The van der Waals surface area contributed by atoms with Gasteiger partial charge in [0.25, 0.3) is 10.1 Å². The quantitative estimate of drug-likeness (QED) is 0.792. The normalized spacial score (nSPS) is 13.4. The van der Waals surface area contributed by atoms with Crippen LogP contribution in [0.25, 0.3) is 0 Å². The van der Waals surface area contributed by atoms with E-state index >= 15 is 0 Å². The van der Waals surface area contributed by atoms with Crippen molar-refractivity contribution in [2.24, 2.45) is 0 Å². The van der Waals surface area contributed by atoms with Gasteiger partial charge in [-0.15, -0.1) is 0 Å². The minimum atomic E-state index is -4.07. The number of hydrogen-bond donors (Lipinski definition) is 1. The Morgan fingerprint density at radius 3 is 2.56 bits per heavy atom. The van der Waals surface area contributed by atoms with Crippen molar-refractivity contribution < 1.29 is 22.4 Å². The first-order valence-electron chi connectivity index (χ1n) is 4.58. The molecule has 5 nitrogen and oxygen atoms in total. The monoisotopic (exact) mass is 246 g/mol. The lowest BCUT2D eigenvalue weighted by Gasteiger charge is -2.14. The van der Waals surface area contributed by atoms with Crippen LogP contribution >= 0.6 is 0 Å². The van der Waals surface area contributed by atoms with E-state index in [-0.39, 0.29) is 0 Å². The van der Waals surface area contributed by atoms with Crippen LogP contribution in [0.2, 0.25) is 0 Å². The van der Waals surface area contributed by atoms with Gasteiger partial charge in [0.05, 0.1) is 13.2 Å². The molecule has 0 saturated carbocycles. The van der Waals surface area contributed by atoms with Crippen LogP contribution in [0.15, 0.2) is 24.3 Å². The molecule has 0 bridgehead atoms. The first-order chi connectivity index (χ1) is 7.46. The van der Waals surface area contributed by atoms with Gasteiger partial charge in [-0.2, -0.15) is 8.42 Å². The summed E-state index contributed by atoms with van der Waals surface area (Å²) in [6.07, 6.45) is -0.704. The Kier molecular flexibility index (Phi) is 4.28. The van der Waals surface area contributed by atoms with Gasteiger partial charge in [0.15, 0.2) is 0 Å². The molecule has 0 fully saturated rings. The fourth-order valence-corrected chi connectivity index (χ4v) is 2.04. The minimum absolute atomic E-state index is 0.476. The topological polar surface area (TPSA) is 72.8 Å². The standard InChI is InChI=1S/C10H14O5S/c1-14-9-5-3-4-8(6-9)10(15-2)7-16(11,12)13/h3-6,10H,7H2,1-2H3,(H,11,12,13). The van der Waals surface area contributed by atoms with Crippen LogP contribution in [0.4, 0.5) is 0 Å². The Morgan fingerprint density at radius 1 is 1.38 bits per heavy atom. The van der Waals surface area contributed by atoms with E-state index in [1.807, 2.05) is 0 Å². The van der Waals surface area contributed by atoms with Crippen LogP contribution in [0.1, 0.15) is 11.7 Å². The third-order valence-electron chi connectivity index (χ3n) is 2.11. The highest BCUT2D eigenvalue weighted by molar-refractivity contribution is 7.85. The summed E-state index contributed by atoms with van der Waals surface area (Å²) in [7, 11) is -1.17. The van der Waals surface area contributed by atoms with E-state index < -0.39 is 22.0 Å². The summed E-state index contributed by atoms with van der Waals surface area (Å²) in [5.74, 6) is 0.131. The maximum atomic E-state index is 10.8. The fraction of sp³-hybridized carbons (Fsp3) is 0.400. The molecule has 0 aromatic heterocycles. The molecule has 1 unspecified atom stereocenters. The lowest BCUT2D eigenvalue weighted by molar-refractivity contribution is 0.120. The van der Waals surface area contributed by atoms with Crippen molar-refractivity contribution in [2.75, 3.05) is 20.0 Å². The number of hydrogen-bond acceptors (Lipinski definition) is 4. The molecule has 1 aromatic rings. The third kappa shape index (κ3) is 3.80. The van der Waals surface area contributed by atoms with Crippen LogP contribution in [-0.2, 0) is 14.9 Å². The molecule has 0 aliphatic carbocycles. The predicted molar refractivity (Wildman–Crippen MR) is 59.2 cm³/mol. The number of benzene rings is 1. The van der Waals surface area contributed by atoms with Crippen molar-refractivity contribution in [3.05, 3.63) is 29.8 Å². The minimum Gasteiger partial charge on any atom is -0.497 e. The molecule has 0 aliphatic heterocycles. The summed E-state index contributed by atoms with van der Waals surface area (Å²) in [6, 6.07) is 6.84. The smallest absolute Gasteiger partial charge is 0.267 e. The molecule has 1 atom stereocenters.